The Morgan fingerprint density at radius 1 is 1.32 bits per heavy atom. The molecular weight excluding hydrogens is 340 g/mol. The molecule has 0 aliphatic carbocycles. The van der Waals surface area contributed by atoms with Crippen molar-refractivity contribution in [2.75, 3.05) is 26.4 Å². The van der Waals surface area contributed by atoms with Crippen molar-refractivity contribution in [2.45, 2.75) is 13.0 Å². The minimum atomic E-state index is -3.18. The molecule has 9 heteroatoms. The lowest BCUT2D eigenvalue weighted by Crippen LogP contribution is -2.42. The minimum Gasteiger partial charge on any atom is -0.355 e. The second-order valence-corrected chi connectivity index (χ2v) is 7.41. The Bertz CT molecular complexity index is 802. The van der Waals surface area contributed by atoms with E-state index in [-0.39, 0.29) is 6.04 Å². The Balaban J connectivity index is 1.93. The summed E-state index contributed by atoms with van der Waals surface area (Å²) in [5.74, 6) is 0.604. The van der Waals surface area contributed by atoms with Gasteiger partial charge in [0.1, 0.15) is 0 Å². The molecule has 3 N–H and O–H groups in total. The lowest BCUT2D eigenvalue weighted by Gasteiger charge is -2.19. The lowest BCUT2D eigenvalue weighted by atomic mass is 10.1. The van der Waals surface area contributed by atoms with Crippen LogP contribution in [0.1, 0.15) is 18.5 Å². The predicted octanol–water partition coefficient (Wildman–Crippen LogP) is 0.648. The molecular formula is C16H24N6O2S. The number of hydrogen-bond donors (Lipinski definition) is 3. The van der Waals surface area contributed by atoms with E-state index in [1.54, 1.807) is 17.9 Å². The fraction of sp³-hybridized carbons (Fsp3) is 0.375. The van der Waals surface area contributed by atoms with E-state index >= 15 is 0 Å². The van der Waals surface area contributed by atoms with Crippen LogP contribution in [0.25, 0.3) is 5.69 Å². The minimum absolute atomic E-state index is 0.0181. The summed E-state index contributed by atoms with van der Waals surface area (Å²) < 4.78 is 26.3. The first kappa shape index (κ1) is 18.9. The molecule has 0 saturated heterocycles. The van der Waals surface area contributed by atoms with Crippen LogP contribution in [0.3, 0.4) is 0 Å². The average Bonchev–Trinajstić information content (AvgIpc) is 3.11. The summed E-state index contributed by atoms with van der Waals surface area (Å²) in [6.45, 7) is 2.76. The molecule has 1 atom stereocenters. The Morgan fingerprint density at radius 3 is 2.76 bits per heavy atom. The summed E-state index contributed by atoms with van der Waals surface area (Å²) in [6, 6.07) is 9.96. The van der Waals surface area contributed by atoms with Gasteiger partial charge in [0.05, 0.1) is 18.0 Å². The number of rotatable bonds is 7. The molecule has 2 rings (SSSR count). The van der Waals surface area contributed by atoms with Crippen LogP contribution in [0.5, 0.6) is 0 Å². The zero-order valence-corrected chi connectivity index (χ0v) is 15.4. The third-order valence-electron chi connectivity index (χ3n) is 3.50. The molecule has 1 aromatic heterocycles. The number of aliphatic imine (C=N–C) groups is 1. The van der Waals surface area contributed by atoms with Gasteiger partial charge >= 0.3 is 0 Å². The van der Waals surface area contributed by atoms with Crippen molar-refractivity contribution >= 4 is 16.0 Å². The number of hydrogen-bond acceptors (Lipinski definition) is 4. The first-order valence-electron chi connectivity index (χ1n) is 7.91. The molecule has 1 heterocycles. The Morgan fingerprint density at radius 2 is 2.12 bits per heavy atom. The fourth-order valence-corrected chi connectivity index (χ4v) is 2.73. The van der Waals surface area contributed by atoms with Gasteiger partial charge < -0.3 is 10.6 Å². The van der Waals surface area contributed by atoms with Crippen molar-refractivity contribution in [1.29, 1.82) is 0 Å². The second kappa shape index (κ2) is 8.63. The number of sulfonamides is 1. The van der Waals surface area contributed by atoms with Gasteiger partial charge in [0.15, 0.2) is 5.96 Å². The highest BCUT2D eigenvalue weighted by Crippen LogP contribution is 2.16. The summed E-state index contributed by atoms with van der Waals surface area (Å²) in [5, 5.41) is 10.6. The maximum atomic E-state index is 11.0. The van der Waals surface area contributed by atoms with E-state index in [0.29, 0.717) is 19.0 Å². The van der Waals surface area contributed by atoms with Crippen LogP contribution < -0.4 is 15.4 Å². The molecule has 0 bridgehead atoms. The first-order valence-corrected chi connectivity index (χ1v) is 9.80. The van der Waals surface area contributed by atoms with Crippen molar-refractivity contribution in [3.8, 4) is 5.69 Å². The smallest absolute Gasteiger partial charge is 0.208 e. The molecule has 0 aliphatic heterocycles. The quantitative estimate of drug-likeness (QED) is 0.380. The largest absolute Gasteiger partial charge is 0.355 e. The van der Waals surface area contributed by atoms with Crippen molar-refractivity contribution in [2.24, 2.45) is 4.99 Å². The topological polar surface area (TPSA) is 100 Å². The fourth-order valence-electron chi connectivity index (χ4n) is 2.26. The molecule has 0 aliphatic rings. The van der Waals surface area contributed by atoms with Gasteiger partial charge in [0.25, 0.3) is 0 Å². The molecule has 2 aromatic rings. The molecule has 0 fully saturated rings. The maximum absolute atomic E-state index is 11.0. The molecule has 0 saturated carbocycles. The van der Waals surface area contributed by atoms with E-state index in [9.17, 15) is 8.42 Å². The highest BCUT2D eigenvalue weighted by atomic mass is 32.2. The van der Waals surface area contributed by atoms with E-state index in [1.807, 2.05) is 37.4 Å². The van der Waals surface area contributed by atoms with Crippen LogP contribution in [0.15, 0.2) is 47.7 Å². The third kappa shape index (κ3) is 6.20. The van der Waals surface area contributed by atoms with Crippen molar-refractivity contribution < 1.29 is 8.42 Å². The lowest BCUT2D eigenvalue weighted by molar-refractivity contribution is 0.586. The second-order valence-electron chi connectivity index (χ2n) is 5.58. The van der Waals surface area contributed by atoms with Crippen LogP contribution in [0.2, 0.25) is 0 Å². The average molecular weight is 364 g/mol. The van der Waals surface area contributed by atoms with Crippen LogP contribution in [-0.2, 0) is 10.0 Å². The molecule has 1 aromatic carbocycles. The van der Waals surface area contributed by atoms with Crippen LogP contribution >= 0.6 is 0 Å². The molecule has 0 spiro atoms. The van der Waals surface area contributed by atoms with Gasteiger partial charge in [-0.1, -0.05) is 12.1 Å². The molecule has 136 valence electrons. The van der Waals surface area contributed by atoms with E-state index in [0.717, 1.165) is 17.5 Å². The Hall–Kier alpha value is -2.39. The summed E-state index contributed by atoms with van der Waals surface area (Å²) in [7, 11) is -1.51. The number of aromatic nitrogens is 2. The van der Waals surface area contributed by atoms with Crippen molar-refractivity contribution in [3.05, 3.63) is 48.3 Å². The molecule has 0 amide bonds. The van der Waals surface area contributed by atoms with Gasteiger partial charge in [-0.25, -0.2) is 17.8 Å². The Labute approximate surface area is 148 Å². The molecule has 25 heavy (non-hydrogen) atoms. The standard InChI is InChI=1S/C16H24N6O2S/c1-13(21-16(17-2)18-9-10-20-25(3,23)24)14-6-4-7-15(12-14)22-11-5-8-19-22/h4-8,11-13,20H,9-10H2,1-3H3,(H2,17,18,21). The zero-order chi connectivity index (χ0) is 18.3. The summed E-state index contributed by atoms with van der Waals surface area (Å²) in [5.41, 5.74) is 2.07. The van der Waals surface area contributed by atoms with Crippen molar-refractivity contribution in [1.82, 2.24) is 25.1 Å². The van der Waals surface area contributed by atoms with Gasteiger partial charge in [0, 0.05) is 32.5 Å². The monoisotopic (exact) mass is 364 g/mol. The Kier molecular flexibility index (Phi) is 6.54. The van der Waals surface area contributed by atoms with Gasteiger partial charge in [-0.2, -0.15) is 5.10 Å². The normalized spacial score (nSPS) is 13.5. The van der Waals surface area contributed by atoms with Crippen LogP contribution in [0, 0.1) is 0 Å². The maximum Gasteiger partial charge on any atom is 0.208 e. The van der Waals surface area contributed by atoms with Crippen LogP contribution in [-0.4, -0.2) is 50.6 Å². The molecule has 1 unspecified atom stereocenters. The molecule has 8 nitrogen and oxygen atoms in total. The summed E-state index contributed by atoms with van der Waals surface area (Å²) >= 11 is 0. The number of nitrogens with one attached hydrogen (secondary N) is 3. The summed E-state index contributed by atoms with van der Waals surface area (Å²) in [6.07, 6.45) is 4.77. The highest BCUT2D eigenvalue weighted by molar-refractivity contribution is 7.88. The number of nitrogens with zero attached hydrogens (tertiary/aromatic N) is 3. The first-order chi connectivity index (χ1) is 11.9. The van der Waals surface area contributed by atoms with Crippen molar-refractivity contribution in [3.63, 3.8) is 0 Å². The van der Waals surface area contributed by atoms with Crippen LogP contribution in [0.4, 0.5) is 0 Å². The number of guanidine groups is 1. The van der Waals surface area contributed by atoms with Gasteiger partial charge in [-0.05, 0) is 30.7 Å². The van der Waals surface area contributed by atoms with Gasteiger partial charge in [-0.3, -0.25) is 4.99 Å². The van der Waals surface area contributed by atoms with Gasteiger partial charge in [0.2, 0.25) is 10.0 Å². The zero-order valence-electron chi connectivity index (χ0n) is 14.6. The molecule has 0 radical (unpaired) electrons. The highest BCUT2D eigenvalue weighted by Gasteiger charge is 2.09. The third-order valence-corrected chi connectivity index (χ3v) is 4.23. The number of benzene rings is 1. The summed E-state index contributed by atoms with van der Waals surface area (Å²) in [4.78, 5) is 4.16. The van der Waals surface area contributed by atoms with E-state index in [2.05, 4.69) is 31.5 Å². The van der Waals surface area contributed by atoms with E-state index in [1.165, 1.54) is 0 Å². The van der Waals surface area contributed by atoms with Gasteiger partial charge in [-0.15, -0.1) is 0 Å². The SMILES string of the molecule is CN=C(NCCNS(C)(=O)=O)NC(C)c1cccc(-n2cccn2)c1. The predicted molar refractivity (Wildman–Crippen MR) is 99.3 cm³/mol. The van der Waals surface area contributed by atoms with E-state index < -0.39 is 10.0 Å². The van der Waals surface area contributed by atoms with E-state index in [4.69, 9.17) is 0 Å².